The highest BCUT2D eigenvalue weighted by molar-refractivity contribution is 14.1. The van der Waals surface area contributed by atoms with E-state index in [0.29, 0.717) is 29.6 Å². The van der Waals surface area contributed by atoms with Crippen LogP contribution in [-0.4, -0.2) is 10.1 Å². The monoisotopic (exact) mass is 292 g/mol. The Morgan fingerprint density at radius 2 is 1.67 bits per heavy atom. The summed E-state index contributed by atoms with van der Waals surface area (Å²) in [5.74, 6) is 0. The Morgan fingerprint density at radius 3 is 2.00 bits per heavy atom. The second-order valence-electron chi connectivity index (χ2n) is 3.73. The van der Waals surface area contributed by atoms with Gasteiger partial charge in [0.2, 0.25) is 0 Å². The van der Waals surface area contributed by atoms with Crippen LogP contribution in [0.2, 0.25) is 0 Å². The number of rotatable bonds is 0. The van der Waals surface area contributed by atoms with Crippen molar-refractivity contribution in [1.82, 2.24) is 0 Å². The molecule has 0 atom stereocenters. The van der Waals surface area contributed by atoms with Gasteiger partial charge in [-0.3, -0.25) is 0 Å². The molecule has 0 aliphatic heterocycles. The highest BCUT2D eigenvalue weighted by Crippen LogP contribution is 2.49. The van der Waals surface area contributed by atoms with Crippen LogP contribution in [-0.2, 0) is 0 Å². The van der Waals surface area contributed by atoms with E-state index in [2.05, 4.69) is 22.6 Å². The van der Waals surface area contributed by atoms with Crippen molar-refractivity contribution in [2.75, 3.05) is 0 Å². The molecule has 0 heterocycles. The topological polar surface area (TPSA) is 0 Å². The minimum atomic E-state index is -4.01. The molecular weight excluding hydrogens is 280 g/mol. The molecule has 0 saturated heterocycles. The molecule has 0 N–H and O–H groups in total. The smallest absolute Gasteiger partial charge is 0.171 e. The largest absolute Gasteiger partial charge is 0.394 e. The summed E-state index contributed by atoms with van der Waals surface area (Å²) in [5, 5.41) is 0. The van der Waals surface area contributed by atoms with E-state index in [1.807, 2.05) is 0 Å². The fraction of sp³-hybridized carbons (Fsp3) is 1.00. The van der Waals surface area contributed by atoms with Gasteiger partial charge in [-0.15, -0.1) is 0 Å². The van der Waals surface area contributed by atoms with Crippen molar-refractivity contribution < 1.29 is 13.2 Å². The third-order valence-corrected chi connectivity index (χ3v) is 3.95. The summed E-state index contributed by atoms with van der Waals surface area (Å²) < 4.78 is 37.8. The van der Waals surface area contributed by atoms with Crippen molar-refractivity contribution in [1.29, 1.82) is 0 Å². The van der Waals surface area contributed by atoms with E-state index in [4.69, 9.17) is 0 Å². The van der Waals surface area contributed by atoms with Gasteiger partial charge in [0, 0.05) is 3.92 Å². The zero-order chi connectivity index (χ0) is 9.41. The van der Waals surface area contributed by atoms with Gasteiger partial charge in [-0.1, -0.05) is 29.5 Å². The first-order valence-corrected chi connectivity index (χ1v) is 5.30. The first kappa shape index (κ1) is 10.6. The van der Waals surface area contributed by atoms with Crippen molar-refractivity contribution in [3.8, 4) is 0 Å². The summed E-state index contributed by atoms with van der Waals surface area (Å²) in [7, 11) is 0. The van der Waals surface area contributed by atoms with Crippen molar-refractivity contribution in [2.24, 2.45) is 5.41 Å². The SMILES string of the molecule is CC1(C(F)(F)F)CCC(I)CC1. The highest BCUT2D eigenvalue weighted by Gasteiger charge is 2.51. The summed E-state index contributed by atoms with van der Waals surface area (Å²) in [6, 6.07) is 0. The van der Waals surface area contributed by atoms with Crippen LogP contribution in [0.3, 0.4) is 0 Å². The van der Waals surface area contributed by atoms with E-state index in [1.165, 1.54) is 6.92 Å². The minimum Gasteiger partial charge on any atom is -0.171 e. The number of halogens is 4. The molecule has 1 fully saturated rings. The second kappa shape index (κ2) is 3.35. The van der Waals surface area contributed by atoms with Crippen LogP contribution >= 0.6 is 22.6 Å². The van der Waals surface area contributed by atoms with Crippen LogP contribution in [0, 0.1) is 5.41 Å². The zero-order valence-corrected chi connectivity index (χ0v) is 9.08. The maximum absolute atomic E-state index is 12.5. The van der Waals surface area contributed by atoms with Gasteiger partial charge >= 0.3 is 6.18 Å². The maximum atomic E-state index is 12.5. The van der Waals surface area contributed by atoms with E-state index in [1.54, 1.807) is 0 Å². The van der Waals surface area contributed by atoms with E-state index >= 15 is 0 Å². The molecule has 1 saturated carbocycles. The van der Waals surface area contributed by atoms with Gasteiger partial charge in [-0.05, 0) is 25.7 Å². The summed E-state index contributed by atoms with van der Waals surface area (Å²) >= 11 is 2.23. The molecule has 4 heteroatoms. The molecule has 0 radical (unpaired) electrons. The van der Waals surface area contributed by atoms with E-state index < -0.39 is 11.6 Å². The number of alkyl halides is 4. The molecule has 0 aromatic rings. The van der Waals surface area contributed by atoms with Gasteiger partial charge in [0.05, 0.1) is 5.41 Å². The summed E-state index contributed by atoms with van der Waals surface area (Å²) in [6.07, 6.45) is -2.01. The van der Waals surface area contributed by atoms with Gasteiger partial charge in [0.15, 0.2) is 0 Å². The van der Waals surface area contributed by atoms with Crippen LogP contribution in [0.5, 0.6) is 0 Å². The quantitative estimate of drug-likeness (QED) is 0.469. The van der Waals surface area contributed by atoms with E-state index in [0.717, 1.165) is 0 Å². The summed E-state index contributed by atoms with van der Waals surface area (Å²) in [4.78, 5) is 0. The lowest BCUT2D eigenvalue weighted by atomic mass is 9.75. The number of hydrogen-bond donors (Lipinski definition) is 0. The molecule has 1 aliphatic carbocycles. The maximum Gasteiger partial charge on any atom is 0.394 e. The molecule has 0 aromatic carbocycles. The Kier molecular flexibility index (Phi) is 2.96. The number of hydrogen-bond acceptors (Lipinski definition) is 0. The minimum absolute atomic E-state index is 0.296. The van der Waals surface area contributed by atoms with Gasteiger partial charge in [0.25, 0.3) is 0 Å². The van der Waals surface area contributed by atoms with Crippen molar-refractivity contribution in [3.63, 3.8) is 0 Å². The van der Waals surface area contributed by atoms with Gasteiger partial charge in [0.1, 0.15) is 0 Å². The Bertz CT molecular complexity index is 156. The highest BCUT2D eigenvalue weighted by atomic mass is 127. The zero-order valence-electron chi connectivity index (χ0n) is 6.92. The van der Waals surface area contributed by atoms with Gasteiger partial charge in [-0.25, -0.2) is 0 Å². The van der Waals surface area contributed by atoms with Gasteiger partial charge < -0.3 is 0 Å². The molecular formula is C8H12F3I. The van der Waals surface area contributed by atoms with Crippen LogP contribution in [0.25, 0.3) is 0 Å². The third-order valence-electron chi connectivity index (χ3n) is 2.70. The molecule has 0 nitrogen and oxygen atoms in total. The molecule has 0 unspecified atom stereocenters. The molecule has 12 heavy (non-hydrogen) atoms. The Labute approximate surface area is 84.0 Å². The van der Waals surface area contributed by atoms with Crippen LogP contribution in [0.1, 0.15) is 32.6 Å². The predicted octanol–water partition coefficient (Wildman–Crippen LogP) is 3.93. The summed E-state index contributed by atoms with van der Waals surface area (Å²) in [6.45, 7) is 1.34. The fourth-order valence-corrected chi connectivity index (χ4v) is 2.13. The molecule has 72 valence electrons. The molecule has 0 bridgehead atoms. The second-order valence-corrected chi connectivity index (χ2v) is 5.49. The van der Waals surface area contributed by atoms with Crippen LogP contribution in [0.4, 0.5) is 13.2 Å². The van der Waals surface area contributed by atoms with Crippen LogP contribution in [0.15, 0.2) is 0 Å². The molecule has 1 rings (SSSR count). The Balaban J connectivity index is 2.62. The molecule has 0 amide bonds. The van der Waals surface area contributed by atoms with Gasteiger partial charge in [-0.2, -0.15) is 13.2 Å². The molecule has 0 spiro atoms. The van der Waals surface area contributed by atoms with Crippen LogP contribution < -0.4 is 0 Å². The lowest BCUT2D eigenvalue weighted by Gasteiger charge is -2.37. The molecule has 0 aromatic heterocycles. The predicted molar refractivity (Wildman–Crippen MR) is 50.4 cm³/mol. The Morgan fingerprint density at radius 1 is 1.25 bits per heavy atom. The lowest BCUT2D eigenvalue weighted by Crippen LogP contribution is -2.38. The van der Waals surface area contributed by atoms with E-state index in [-0.39, 0.29) is 0 Å². The van der Waals surface area contributed by atoms with Crippen molar-refractivity contribution in [3.05, 3.63) is 0 Å². The first-order valence-electron chi connectivity index (χ1n) is 4.06. The van der Waals surface area contributed by atoms with Crippen molar-refractivity contribution >= 4 is 22.6 Å². The van der Waals surface area contributed by atoms with Crippen molar-refractivity contribution in [2.45, 2.75) is 42.7 Å². The lowest BCUT2D eigenvalue weighted by molar-refractivity contribution is -0.226. The standard InChI is InChI=1S/C8H12F3I/c1-7(8(9,10)11)4-2-6(12)3-5-7/h6H,2-5H2,1H3. The first-order chi connectivity index (χ1) is 5.35. The fourth-order valence-electron chi connectivity index (χ4n) is 1.50. The van der Waals surface area contributed by atoms with E-state index in [9.17, 15) is 13.2 Å². The summed E-state index contributed by atoms with van der Waals surface area (Å²) in [5.41, 5.74) is -1.41. The average molecular weight is 292 g/mol. The average Bonchev–Trinajstić information content (AvgIpc) is 1.93. The Hall–Kier alpha value is 0.520. The normalized spacial score (nSPS) is 38.2. The molecule has 1 aliphatic rings. The third kappa shape index (κ3) is 2.06.